The van der Waals surface area contributed by atoms with Crippen LogP contribution in [0, 0.1) is 0 Å². The molecule has 0 radical (unpaired) electrons. The third-order valence-corrected chi connectivity index (χ3v) is 4.58. The summed E-state index contributed by atoms with van der Waals surface area (Å²) in [5.41, 5.74) is 1.61. The molecule has 6 nitrogen and oxygen atoms in total. The van der Waals surface area contributed by atoms with E-state index in [0.29, 0.717) is 13.2 Å². The Kier molecular flexibility index (Phi) is 5.27. The smallest absolute Gasteiger partial charge is 0.248 e. The number of amides is 1. The van der Waals surface area contributed by atoms with Gasteiger partial charge in [-0.1, -0.05) is 24.3 Å². The van der Waals surface area contributed by atoms with E-state index in [0.717, 1.165) is 37.1 Å². The molecule has 1 aliphatic heterocycles. The molecule has 2 heterocycles. The largest absolute Gasteiger partial charge is 0.380 e. The summed E-state index contributed by atoms with van der Waals surface area (Å²) in [5, 5.41) is 10.7. The first-order valence-corrected chi connectivity index (χ1v) is 8.30. The number of rotatable bonds is 6. The van der Waals surface area contributed by atoms with E-state index in [1.807, 2.05) is 41.2 Å². The fraction of sp³-hybridized carbons (Fsp3) is 0.444. The fourth-order valence-corrected chi connectivity index (χ4v) is 3.19. The van der Waals surface area contributed by atoms with Gasteiger partial charge < -0.3 is 15.4 Å². The van der Waals surface area contributed by atoms with Crippen molar-refractivity contribution in [2.75, 3.05) is 20.2 Å². The highest BCUT2D eigenvalue weighted by molar-refractivity contribution is 5.84. The van der Waals surface area contributed by atoms with Gasteiger partial charge in [0.25, 0.3) is 0 Å². The average Bonchev–Trinajstić information content (AvgIpc) is 3.17. The van der Waals surface area contributed by atoms with Gasteiger partial charge in [-0.3, -0.25) is 9.48 Å². The van der Waals surface area contributed by atoms with Crippen molar-refractivity contribution in [1.82, 2.24) is 20.4 Å². The molecule has 2 N–H and O–H groups in total. The zero-order valence-corrected chi connectivity index (χ0v) is 14.0. The summed E-state index contributed by atoms with van der Waals surface area (Å²) in [6.45, 7) is 2.75. The van der Waals surface area contributed by atoms with Crippen molar-refractivity contribution >= 4 is 5.91 Å². The second-order valence-electron chi connectivity index (χ2n) is 6.16. The maximum absolute atomic E-state index is 12.9. The number of piperidine rings is 1. The predicted octanol–water partition coefficient (Wildman–Crippen LogP) is 1.42. The van der Waals surface area contributed by atoms with Crippen LogP contribution in [0.25, 0.3) is 0 Å². The van der Waals surface area contributed by atoms with Gasteiger partial charge in [-0.05, 0) is 43.1 Å². The average molecular weight is 328 g/mol. The Bertz CT molecular complexity index is 646. The molecule has 1 aliphatic rings. The first-order valence-electron chi connectivity index (χ1n) is 8.30. The van der Waals surface area contributed by atoms with Crippen LogP contribution in [0.2, 0.25) is 0 Å². The molecule has 2 aromatic rings. The number of methoxy groups -OCH3 is 1. The van der Waals surface area contributed by atoms with Crippen LogP contribution >= 0.6 is 0 Å². The van der Waals surface area contributed by atoms with Gasteiger partial charge in [-0.15, -0.1) is 0 Å². The molecular formula is C18H24N4O2. The van der Waals surface area contributed by atoms with E-state index >= 15 is 0 Å². The van der Waals surface area contributed by atoms with Gasteiger partial charge in [0.05, 0.1) is 6.61 Å². The molecule has 1 amide bonds. The van der Waals surface area contributed by atoms with Crippen molar-refractivity contribution in [2.24, 2.45) is 0 Å². The van der Waals surface area contributed by atoms with Gasteiger partial charge in [0.1, 0.15) is 5.54 Å². The fourth-order valence-electron chi connectivity index (χ4n) is 3.19. The number of aromatic nitrogens is 2. The third-order valence-electron chi connectivity index (χ3n) is 4.58. The van der Waals surface area contributed by atoms with E-state index in [1.165, 1.54) is 0 Å². The highest BCUT2D eigenvalue weighted by Crippen LogP contribution is 2.27. The molecule has 1 fully saturated rings. The maximum atomic E-state index is 12.9. The van der Waals surface area contributed by atoms with E-state index < -0.39 is 5.54 Å². The van der Waals surface area contributed by atoms with E-state index in [2.05, 4.69) is 15.7 Å². The number of carbonyl (C=O) groups excluding carboxylic acids is 1. The third kappa shape index (κ3) is 3.49. The van der Waals surface area contributed by atoms with E-state index in [9.17, 15) is 4.79 Å². The van der Waals surface area contributed by atoms with Crippen molar-refractivity contribution in [2.45, 2.75) is 31.5 Å². The summed E-state index contributed by atoms with van der Waals surface area (Å²) in [6, 6.07) is 9.97. The van der Waals surface area contributed by atoms with Crippen LogP contribution in [0.15, 0.2) is 42.7 Å². The van der Waals surface area contributed by atoms with Crippen molar-refractivity contribution < 1.29 is 9.53 Å². The van der Waals surface area contributed by atoms with Crippen LogP contribution in [0.1, 0.15) is 24.0 Å². The SMILES string of the molecule is COCc1ccc(CNC(=O)C2(n3cccn3)CCNCC2)cc1. The van der Waals surface area contributed by atoms with Crippen LogP contribution in [0.4, 0.5) is 0 Å². The number of hydrogen-bond acceptors (Lipinski definition) is 4. The van der Waals surface area contributed by atoms with Crippen molar-refractivity contribution in [3.63, 3.8) is 0 Å². The van der Waals surface area contributed by atoms with Crippen LogP contribution in [0.5, 0.6) is 0 Å². The topological polar surface area (TPSA) is 68.2 Å². The number of ether oxygens (including phenoxy) is 1. The Hall–Kier alpha value is -2.18. The van der Waals surface area contributed by atoms with Gasteiger partial charge in [0, 0.05) is 26.0 Å². The Balaban J connectivity index is 1.68. The molecule has 1 aromatic carbocycles. The first-order chi connectivity index (χ1) is 11.7. The molecule has 0 aliphatic carbocycles. The van der Waals surface area contributed by atoms with E-state index in [4.69, 9.17) is 4.74 Å². The molecular weight excluding hydrogens is 304 g/mol. The summed E-state index contributed by atoms with van der Waals surface area (Å²) < 4.78 is 6.92. The van der Waals surface area contributed by atoms with Crippen molar-refractivity contribution in [1.29, 1.82) is 0 Å². The molecule has 0 unspecified atom stereocenters. The normalized spacial score (nSPS) is 16.7. The molecule has 3 rings (SSSR count). The first kappa shape index (κ1) is 16.7. The van der Waals surface area contributed by atoms with Crippen molar-refractivity contribution in [3.05, 3.63) is 53.9 Å². The van der Waals surface area contributed by atoms with E-state index in [1.54, 1.807) is 13.3 Å². The van der Waals surface area contributed by atoms with Gasteiger partial charge in [-0.25, -0.2) is 0 Å². The minimum Gasteiger partial charge on any atom is -0.380 e. The minimum atomic E-state index is -0.593. The van der Waals surface area contributed by atoms with Gasteiger partial charge in [0.15, 0.2) is 0 Å². The van der Waals surface area contributed by atoms with Crippen molar-refractivity contribution in [3.8, 4) is 0 Å². The lowest BCUT2D eigenvalue weighted by Crippen LogP contribution is -2.54. The van der Waals surface area contributed by atoms with Gasteiger partial charge >= 0.3 is 0 Å². The highest BCUT2D eigenvalue weighted by atomic mass is 16.5. The van der Waals surface area contributed by atoms with Gasteiger partial charge in [0.2, 0.25) is 5.91 Å². The summed E-state index contributed by atoms with van der Waals surface area (Å²) in [7, 11) is 1.68. The van der Waals surface area contributed by atoms with Crippen LogP contribution < -0.4 is 10.6 Å². The summed E-state index contributed by atoms with van der Waals surface area (Å²) >= 11 is 0. The standard InChI is InChI=1S/C18H24N4O2/c1-24-14-16-5-3-15(4-6-16)13-20-17(23)18(7-10-19-11-8-18)22-12-2-9-21-22/h2-6,9,12,19H,7-8,10-11,13-14H2,1H3,(H,20,23). The van der Waals surface area contributed by atoms with Crippen LogP contribution in [-0.4, -0.2) is 35.9 Å². The summed E-state index contributed by atoms with van der Waals surface area (Å²) in [4.78, 5) is 12.9. The van der Waals surface area contributed by atoms with Gasteiger partial charge in [-0.2, -0.15) is 5.10 Å². The molecule has 0 saturated carbocycles. The lowest BCUT2D eigenvalue weighted by molar-refractivity contribution is -0.132. The zero-order chi connectivity index (χ0) is 16.8. The number of benzene rings is 1. The Morgan fingerprint density at radius 3 is 2.62 bits per heavy atom. The quantitative estimate of drug-likeness (QED) is 0.842. The second-order valence-corrected chi connectivity index (χ2v) is 6.16. The molecule has 0 atom stereocenters. The Morgan fingerprint density at radius 1 is 1.29 bits per heavy atom. The number of carbonyl (C=O) groups is 1. The number of hydrogen-bond donors (Lipinski definition) is 2. The van der Waals surface area contributed by atoms with Crippen LogP contribution in [0.3, 0.4) is 0 Å². The predicted molar refractivity (Wildman–Crippen MR) is 91.3 cm³/mol. The number of nitrogens with one attached hydrogen (secondary N) is 2. The molecule has 0 spiro atoms. The maximum Gasteiger partial charge on any atom is 0.248 e. The van der Waals surface area contributed by atoms with E-state index in [-0.39, 0.29) is 5.91 Å². The Morgan fingerprint density at radius 2 is 2.00 bits per heavy atom. The highest BCUT2D eigenvalue weighted by Gasteiger charge is 2.41. The molecule has 1 aromatic heterocycles. The molecule has 1 saturated heterocycles. The summed E-state index contributed by atoms with van der Waals surface area (Å²) in [6.07, 6.45) is 5.09. The minimum absolute atomic E-state index is 0.0358. The lowest BCUT2D eigenvalue weighted by Gasteiger charge is -2.36. The Labute approximate surface area is 142 Å². The summed E-state index contributed by atoms with van der Waals surface area (Å²) in [5.74, 6) is 0.0358. The zero-order valence-electron chi connectivity index (χ0n) is 14.0. The molecule has 6 heteroatoms. The molecule has 128 valence electrons. The monoisotopic (exact) mass is 328 g/mol. The second kappa shape index (κ2) is 7.59. The number of nitrogens with zero attached hydrogens (tertiary/aromatic N) is 2. The van der Waals surface area contributed by atoms with Crippen LogP contribution in [-0.2, 0) is 28.2 Å². The lowest BCUT2D eigenvalue weighted by atomic mass is 9.87. The molecule has 24 heavy (non-hydrogen) atoms. The molecule has 0 bridgehead atoms.